The minimum absolute atomic E-state index is 0.201. The van der Waals surface area contributed by atoms with E-state index in [2.05, 4.69) is 15.9 Å². The van der Waals surface area contributed by atoms with E-state index in [0.29, 0.717) is 18.2 Å². The molecule has 0 aliphatic rings. The van der Waals surface area contributed by atoms with Crippen LogP contribution in [-0.4, -0.2) is 11.8 Å². The maximum absolute atomic E-state index is 13.0. The molecule has 78 valence electrons. The lowest BCUT2D eigenvalue weighted by Gasteiger charge is -2.10. The molecule has 1 rings (SSSR count). The van der Waals surface area contributed by atoms with Gasteiger partial charge in [-0.25, -0.2) is 4.39 Å². The summed E-state index contributed by atoms with van der Waals surface area (Å²) in [5, 5.41) is 0. The first-order valence-electron chi connectivity index (χ1n) is 4.22. The number of alkyl halides is 2. The summed E-state index contributed by atoms with van der Waals surface area (Å²) in [6.07, 6.45) is 0.712. The zero-order chi connectivity index (χ0) is 10.6. The third-order valence-corrected chi connectivity index (χ3v) is 3.21. The Bertz CT molecular complexity index is 280. The van der Waals surface area contributed by atoms with E-state index in [9.17, 15) is 4.39 Å². The van der Waals surface area contributed by atoms with Gasteiger partial charge in [0.05, 0.1) is 0 Å². The van der Waals surface area contributed by atoms with Gasteiger partial charge in [-0.2, -0.15) is 0 Å². The Morgan fingerprint density at radius 3 is 2.36 bits per heavy atom. The van der Waals surface area contributed by atoms with Gasteiger partial charge in [0.15, 0.2) is 0 Å². The Balaban J connectivity index is 2.75. The van der Waals surface area contributed by atoms with E-state index in [1.54, 1.807) is 0 Å². The van der Waals surface area contributed by atoms with Crippen LogP contribution in [0.3, 0.4) is 0 Å². The molecule has 0 nitrogen and oxygen atoms in total. The molecule has 0 bridgehead atoms. The molecule has 0 N–H and O–H groups in total. The first-order valence-corrected chi connectivity index (χ1v) is 6.08. The molecule has 0 fully saturated rings. The summed E-state index contributed by atoms with van der Waals surface area (Å²) in [7, 11) is 0. The molecule has 1 aromatic carbocycles. The number of rotatable bonds is 4. The van der Waals surface area contributed by atoms with Crippen LogP contribution >= 0.6 is 39.1 Å². The van der Waals surface area contributed by atoms with Crippen LogP contribution in [0.4, 0.5) is 4.39 Å². The highest BCUT2D eigenvalue weighted by atomic mass is 79.9. The van der Waals surface area contributed by atoms with Crippen LogP contribution in [0.25, 0.3) is 0 Å². The molecule has 14 heavy (non-hydrogen) atoms. The van der Waals surface area contributed by atoms with Crippen molar-refractivity contribution in [3.8, 4) is 0 Å². The summed E-state index contributed by atoms with van der Waals surface area (Å²) in [6.45, 7) is 0. The lowest BCUT2D eigenvalue weighted by Crippen LogP contribution is -2.08. The SMILES string of the molecule is Fc1cc(Br)cc(CC(CCl)CCl)c1. The van der Waals surface area contributed by atoms with Gasteiger partial charge in [0.1, 0.15) is 5.82 Å². The Morgan fingerprint density at radius 2 is 1.86 bits per heavy atom. The maximum Gasteiger partial charge on any atom is 0.124 e. The molecule has 0 amide bonds. The molecule has 0 aliphatic heterocycles. The van der Waals surface area contributed by atoms with E-state index in [1.807, 2.05) is 6.07 Å². The van der Waals surface area contributed by atoms with E-state index >= 15 is 0 Å². The summed E-state index contributed by atoms with van der Waals surface area (Å²) in [5.41, 5.74) is 0.920. The second kappa shape index (κ2) is 5.94. The van der Waals surface area contributed by atoms with Gasteiger partial charge in [-0.15, -0.1) is 23.2 Å². The molecule has 0 aliphatic carbocycles. The van der Waals surface area contributed by atoms with Crippen LogP contribution in [-0.2, 0) is 6.42 Å². The van der Waals surface area contributed by atoms with E-state index in [1.165, 1.54) is 12.1 Å². The van der Waals surface area contributed by atoms with Gasteiger partial charge in [-0.05, 0) is 36.1 Å². The summed E-state index contributed by atoms with van der Waals surface area (Å²) in [6, 6.07) is 4.83. The van der Waals surface area contributed by atoms with E-state index in [0.717, 1.165) is 10.0 Å². The minimum Gasteiger partial charge on any atom is -0.207 e. The molecule has 0 spiro atoms. The highest BCUT2D eigenvalue weighted by Gasteiger charge is 2.08. The van der Waals surface area contributed by atoms with Crippen LogP contribution in [0, 0.1) is 11.7 Å². The van der Waals surface area contributed by atoms with Crippen LogP contribution in [0.15, 0.2) is 22.7 Å². The fourth-order valence-electron chi connectivity index (χ4n) is 1.21. The van der Waals surface area contributed by atoms with E-state index in [-0.39, 0.29) is 11.7 Å². The molecular weight excluding hydrogens is 290 g/mol. The van der Waals surface area contributed by atoms with Crippen LogP contribution in [0.2, 0.25) is 0 Å². The summed E-state index contributed by atoms with van der Waals surface area (Å²) < 4.78 is 13.7. The summed E-state index contributed by atoms with van der Waals surface area (Å²) in [5.74, 6) is 0.958. The molecule has 0 saturated carbocycles. The van der Waals surface area contributed by atoms with E-state index < -0.39 is 0 Å². The quantitative estimate of drug-likeness (QED) is 0.730. The molecule has 1 aromatic rings. The highest BCUT2D eigenvalue weighted by molar-refractivity contribution is 9.10. The molecular formula is C10H10BrCl2F. The topological polar surface area (TPSA) is 0 Å². The summed E-state index contributed by atoms with van der Waals surface area (Å²) >= 11 is 14.7. The van der Waals surface area contributed by atoms with Crippen LogP contribution < -0.4 is 0 Å². The lowest BCUT2D eigenvalue weighted by molar-refractivity contribution is 0.615. The Hall–Kier alpha value is 0.210. The fraction of sp³-hybridized carbons (Fsp3) is 0.400. The molecule has 0 heterocycles. The first kappa shape index (κ1) is 12.3. The zero-order valence-electron chi connectivity index (χ0n) is 7.44. The first-order chi connectivity index (χ1) is 6.65. The van der Waals surface area contributed by atoms with Gasteiger partial charge in [0, 0.05) is 16.2 Å². The Labute approximate surface area is 102 Å². The van der Waals surface area contributed by atoms with Crippen LogP contribution in [0.5, 0.6) is 0 Å². The van der Waals surface area contributed by atoms with Gasteiger partial charge in [-0.3, -0.25) is 0 Å². The molecule has 0 saturated heterocycles. The Morgan fingerprint density at radius 1 is 1.21 bits per heavy atom. The fourth-order valence-corrected chi connectivity index (χ4v) is 2.27. The van der Waals surface area contributed by atoms with Crippen LogP contribution in [0.1, 0.15) is 5.56 Å². The number of benzene rings is 1. The molecule has 0 unspecified atom stereocenters. The third-order valence-electron chi connectivity index (χ3n) is 1.88. The maximum atomic E-state index is 13.0. The van der Waals surface area contributed by atoms with Crippen molar-refractivity contribution in [2.24, 2.45) is 5.92 Å². The molecule has 0 atom stereocenters. The second-order valence-electron chi connectivity index (χ2n) is 3.16. The summed E-state index contributed by atoms with van der Waals surface area (Å²) in [4.78, 5) is 0. The predicted octanol–water partition coefficient (Wildman–Crippen LogP) is 4.22. The monoisotopic (exact) mass is 298 g/mol. The van der Waals surface area contributed by atoms with Gasteiger partial charge in [0.2, 0.25) is 0 Å². The molecule has 0 radical (unpaired) electrons. The average molecular weight is 300 g/mol. The molecule has 0 aromatic heterocycles. The minimum atomic E-state index is -0.239. The average Bonchev–Trinajstić information content (AvgIpc) is 2.12. The van der Waals surface area contributed by atoms with Crippen molar-refractivity contribution < 1.29 is 4.39 Å². The largest absolute Gasteiger partial charge is 0.207 e. The zero-order valence-corrected chi connectivity index (χ0v) is 10.5. The van der Waals surface area contributed by atoms with Gasteiger partial charge in [-0.1, -0.05) is 15.9 Å². The van der Waals surface area contributed by atoms with Crippen molar-refractivity contribution >= 4 is 39.1 Å². The van der Waals surface area contributed by atoms with Crippen molar-refractivity contribution in [1.82, 2.24) is 0 Å². The van der Waals surface area contributed by atoms with E-state index in [4.69, 9.17) is 23.2 Å². The highest BCUT2D eigenvalue weighted by Crippen LogP contribution is 2.18. The Kier molecular flexibility index (Phi) is 5.21. The van der Waals surface area contributed by atoms with Crippen molar-refractivity contribution in [3.05, 3.63) is 34.1 Å². The van der Waals surface area contributed by atoms with Crippen molar-refractivity contribution in [3.63, 3.8) is 0 Å². The van der Waals surface area contributed by atoms with Crippen molar-refractivity contribution in [1.29, 1.82) is 0 Å². The molecule has 4 heteroatoms. The number of hydrogen-bond donors (Lipinski definition) is 0. The third kappa shape index (κ3) is 3.76. The normalized spacial score (nSPS) is 10.9. The predicted molar refractivity (Wildman–Crippen MR) is 62.7 cm³/mol. The standard InChI is InChI=1S/C10H10BrCl2F/c11-9-2-7(3-10(14)4-9)1-8(5-12)6-13/h2-4,8H,1,5-6H2. The number of hydrogen-bond acceptors (Lipinski definition) is 0. The van der Waals surface area contributed by atoms with Crippen molar-refractivity contribution in [2.45, 2.75) is 6.42 Å². The lowest BCUT2D eigenvalue weighted by atomic mass is 10.0. The van der Waals surface area contributed by atoms with Gasteiger partial charge >= 0.3 is 0 Å². The second-order valence-corrected chi connectivity index (χ2v) is 4.69. The number of halogens is 4. The van der Waals surface area contributed by atoms with Gasteiger partial charge in [0.25, 0.3) is 0 Å². The van der Waals surface area contributed by atoms with Gasteiger partial charge < -0.3 is 0 Å². The smallest absolute Gasteiger partial charge is 0.124 e. The van der Waals surface area contributed by atoms with Crippen molar-refractivity contribution in [2.75, 3.05) is 11.8 Å².